The first-order valence-electron chi connectivity index (χ1n) is 4.67. The van der Waals surface area contributed by atoms with E-state index in [0.29, 0.717) is 12.1 Å². The van der Waals surface area contributed by atoms with Gasteiger partial charge in [0.25, 0.3) is 0 Å². The first-order chi connectivity index (χ1) is 6.17. The fraction of sp³-hybridized carbons (Fsp3) is 0.889. The summed E-state index contributed by atoms with van der Waals surface area (Å²) < 4.78 is 5.14. The molecule has 76 valence electrons. The van der Waals surface area contributed by atoms with E-state index in [1.165, 1.54) is 0 Å². The zero-order valence-corrected chi connectivity index (χ0v) is 8.46. The van der Waals surface area contributed by atoms with Gasteiger partial charge in [0.2, 0.25) is 5.91 Å². The molecule has 0 aliphatic heterocycles. The van der Waals surface area contributed by atoms with Crippen LogP contribution in [0.2, 0.25) is 0 Å². The maximum absolute atomic E-state index is 11.1. The van der Waals surface area contributed by atoms with E-state index >= 15 is 0 Å². The average molecular weight is 186 g/mol. The van der Waals surface area contributed by atoms with Gasteiger partial charge in [0, 0.05) is 20.2 Å². The Labute approximate surface area is 79.0 Å². The monoisotopic (exact) mass is 186 g/mol. The molecule has 0 heterocycles. The van der Waals surface area contributed by atoms with E-state index in [4.69, 9.17) is 4.74 Å². The predicted molar refractivity (Wildman–Crippen MR) is 50.5 cm³/mol. The predicted octanol–water partition coefficient (Wildman–Crippen LogP) is -0.112. The lowest BCUT2D eigenvalue weighted by atomic mass is 9.89. The molecule has 2 N–H and O–H groups in total. The highest BCUT2D eigenvalue weighted by Crippen LogP contribution is 2.22. The van der Waals surface area contributed by atoms with E-state index in [2.05, 4.69) is 10.6 Å². The second-order valence-electron chi connectivity index (χ2n) is 3.53. The number of hydrogen-bond acceptors (Lipinski definition) is 3. The van der Waals surface area contributed by atoms with Crippen LogP contribution in [-0.4, -0.2) is 38.3 Å². The van der Waals surface area contributed by atoms with Crippen LogP contribution in [0.5, 0.6) is 0 Å². The molecule has 0 bridgehead atoms. The summed E-state index contributed by atoms with van der Waals surface area (Å²) in [5.41, 5.74) is 0. The number of hydrogen-bond donors (Lipinski definition) is 2. The fourth-order valence-corrected chi connectivity index (χ4v) is 1.54. The Bertz CT molecular complexity index is 178. The molecule has 4 heteroatoms. The van der Waals surface area contributed by atoms with Crippen molar-refractivity contribution in [1.29, 1.82) is 0 Å². The lowest BCUT2D eigenvalue weighted by Crippen LogP contribution is -2.52. The van der Waals surface area contributed by atoms with Crippen LogP contribution in [0, 0.1) is 0 Å². The Balaban J connectivity index is 2.16. The first kappa shape index (κ1) is 10.5. The number of methoxy groups -OCH3 is 1. The van der Waals surface area contributed by atoms with Gasteiger partial charge in [-0.2, -0.15) is 0 Å². The zero-order chi connectivity index (χ0) is 9.84. The topological polar surface area (TPSA) is 50.4 Å². The molecular formula is C9H18N2O2. The molecule has 0 spiro atoms. The van der Waals surface area contributed by atoms with Crippen LogP contribution in [-0.2, 0) is 9.53 Å². The van der Waals surface area contributed by atoms with E-state index in [0.717, 1.165) is 12.8 Å². The van der Waals surface area contributed by atoms with Gasteiger partial charge in [-0.25, -0.2) is 0 Å². The van der Waals surface area contributed by atoms with Crippen LogP contribution in [0.3, 0.4) is 0 Å². The summed E-state index contributed by atoms with van der Waals surface area (Å²) in [7, 11) is 3.38. The van der Waals surface area contributed by atoms with Gasteiger partial charge in [0.15, 0.2) is 0 Å². The van der Waals surface area contributed by atoms with Gasteiger partial charge in [0.1, 0.15) is 0 Å². The van der Waals surface area contributed by atoms with E-state index < -0.39 is 0 Å². The summed E-state index contributed by atoms with van der Waals surface area (Å²) in [6, 6.07) is 0.338. The Kier molecular flexibility index (Phi) is 3.69. The normalized spacial score (nSPS) is 29.2. The van der Waals surface area contributed by atoms with Crippen molar-refractivity contribution in [2.45, 2.75) is 38.0 Å². The highest BCUT2D eigenvalue weighted by Gasteiger charge is 2.30. The smallest absolute Gasteiger partial charge is 0.236 e. The summed E-state index contributed by atoms with van der Waals surface area (Å²) in [4.78, 5) is 11.1. The lowest BCUT2D eigenvalue weighted by molar-refractivity contribution is -0.122. The number of rotatable bonds is 4. The second kappa shape index (κ2) is 4.58. The van der Waals surface area contributed by atoms with Crippen LogP contribution in [0.25, 0.3) is 0 Å². The minimum Gasteiger partial charge on any atom is -0.381 e. The molecule has 1 fully saturated rings. The molecule has 1 aliphatic carbocycles. The number of carbonyl (C=O) groups is 1. The van der Waals surface area contributed by atoms with E-state index in [-0.39, 0.29) is 11.9 Å². The van der Waals surface area contributed by atoms with Crippen molar-refractivity contribution in [2.24, 2.45) is 0 Å². The third-order valence-electron chi connectivity index (χ3n) is 2.55. The molecule has 1 amide bonds. The Morgan fingerprint density at radius 1 is 1.54 bits per heavy atom. The van der Waals surface area contributed by atoms with Crippen LogP contribution in [0.4, 0.5) is 0 Å². The summed E-state index contributed by atoms with van der Waals surface area (Å²) in [5, 5.41) is 5.85. The van der Waals surface area contributed by atoms with Crippen molar-refractivity contribution in [3.05, 3.63) is 0 Å². The zero-order valence-electron chi connectivity index (χ0n) is 8.46. The standard InChI is InChI=1S/C9H18N2O2/c1-6(9(12)10-2)11-7-4-8(5-7)13-3/h6-8,11H,4-5H2,1-3H3,(H,10,12). The second-order valence-corrected chi connectivity index (χ2v) is 3.53. The van der Waals surface area contributed by atoms with Crippen molar-refractivity contribution >= 4 is 5.91 Å². The van der Waals surface area contributed by atoms with Crippen molar-refractivity contribution in [3.8, 4) is 0 Å². The van der Waals surface area contributed by atoms with Crippen molar-refractivity contribution in [3.63, 3.8) is 0 Å². The highest BCUT2D eigenvalue weighted by molar-refractivity contribution is 5.80. The first-order valence-corrected chi connectivity index (χ1v) is 4.67. The van der Waals surface area contributed by atoms with E-state index in [1.54, 1.807) is 14.2 Å². The minimum atomic E-state index is -0.104. The summed E-state index contributed by atoms with van der Waals surface area (Å²) in [6.45, 7) is 1.87. The average Bonchev–Trinajstić information content (AvgIpc) is 2.08. The largest absolute Gasteiger partial charge is 0.381 e. The fourth-order valence-electron chi connectivity index (χ4n) is 1.54. The molecule has 0 saturated heterocycles. The molecule has 1 rings (SSSR count). The third-order valence-corrected chi connectivity index (χ3v) is 2.55. The Hall–Kier alpha value is -0.610. The van der Waals surface area contributed by atoms with Crippen LogP contribution in [0.1, 0.15) is 19.8 Å². The quantitative estimate of drug-likeness (QED) is 0.644. The van der Waals surface area contributed by atoms with E-state index in [9.17, 15) is 4.79 Å². The summed E-state index contributed by atoms with van der Waals surface area (Å²) in [6.07, 6.45) is 2.41. The number of amides is 1. The van der Waals surface area contributed by atoms with Gasteiger partial charge in [-0.05, 0) is 19.8 Å². The molecule has 0 aromatic carbocycles. The van der Waals surface area contributed by atoms with Crippen molar-refractivity contribution in [1.82, 2.24) is 10.6 Å². The molecule has 1 atom stereocenters. The van der Waals surface area contributed by atoms with E-state index in [1.807, 2.05) is 6.92 Å². The van der Waals surface area contributed by atoms with Gasteiger partial charge in [-0.15, -0.1) is 0 Å². The number of nitrogens with one attached hydrogen (secondary N) is 2. The van der Waals surface area contributed by atoms with Crippen LogP contribution in [0.15, 0.2) is 0 Å². The van der Waals surface area contributed by atoms with Gasteiger partial charge in [-0.3, -0.25) is 4.79 Å². The minimum absolute atomic E-state index is 0.0425. The summed E-state index contributed by atoms with van der Waals surface area (Å²) >= 11 is 0. The van der Waals surface area contributed by atoms with Gasteiger partial charge in [-0.1, -0.05) is 0 Å². The van der Waals surface area contributed by atoms with Gasteiger partial charge < -0.3 is 15.4 Å². The van der Waals surface area contributed by atoms with Crippen molar-refractivity contribution in [2.75, 3.05) is 14.2 Å². The van der Waals surface area contributed by atoms with Crippen LogP contribution < -0.4 is 10.6 Å². The maximum atomic E-state index is 11.1. The molecule has 0 aromatic rings. The molecule has 1 unspecified atom stereocenters. The van der Waals surface area contributed by atoms with Gasteiger partial charge in [0.05, 0.1) is 12.1 Å². The molecule has 13 heavy (non-hydrogen) atoms. The number of likely N-dealkylation sites (N-methyl/N-ethyl adjacent to an activating group) is 1. The number of carbonyl (C=O) groups excluding carboxylic acids is 1. The molecular weight excluding hydrogens is 168 g/mol. The molecule has 4 nitrogen and oxygen atoms in total. The van der Waals surface area contributed by atoms with Gasteiger partial charge >= 0.3 is 0 Å². The summed E-state index contributed by atoms with van der Waals surface area (Å²) in [5.74, 6) is 0.0425. The maximum Gasteiger partial charge on any atom is 0.236 e. The molecule has 1 aliphatic rings. The lowest BCUT2D eigenvalue weighted by Gasteiger charge is -2.36. The molecule has 0 radical (unpaired) electrons. The highest BCUT2D eigenvalue weighted by atomic mass is 16.5. The third kappa shape index (κ3) is 2.67. The SMILES string of the molecule is CNC(=O)C(C)NC1CC(OC)C1. The van der Waals surface area contributed by atoms with Crippen molar-refractivity contribution < 1.29 is 9.53 Å². The molecule has 0 aromatic heterocycles. The number of ether oxygens (including phenoxy) is 1. The molecule has 1 saturated carbocycles. The Morgan fingerprint density at radius 3 is 2.62 bits per heavy atom. The Morgan fingerprint density at radius 2 is 2.15 bits per heavy atom. The van der Waals surface area contributed by atoms with Crippen LogP contribution >= 0.6 is 0 Å².